The van der Waals surface area contributed by atoms with Crippen LogP contribution in [0.4, 0.5) is 0 Å². The molecule has 0 bridgehead atoms. The van der Waals surface area contributed by atoms with E-state index >= 15 is 0 Å². The van der Waals surface area contributed by atoms with Gasteiger partial charge in [-0.2, -0.15) is 0 Å². The van der Waals surface area contributed by atoms with Gasteiger partial charge in [0.1, 0.15) is 12.3 Å². The summed E-state index contributed by atoms with van der Waals surface area (Å²) in [6, 6.07) is 0. The maximum atomic E-state index is 11.3. The highest BCUT2D eigenvalue weighted by atomic mass is 16.3. The summed E-state index contributed by atoms with van der Waals surface area (Å²) in [6.45, 7) is 4.17. The van der Waals surface area contributed by atoms with Crippen molar-refractivity contribution in [3.05, 3.63) is 35.6 Å². The zero-order valence-corrected chi connectivity index (χ0v) is 8.87. The minimum Gasteiger partial charge on any atom is -0.507 e. The number of hydrogen-bond acceptors (Lipinski definition) is 2. The number of hydrogen-bond donors (Lipinski definition) is 1. The molecule has 0 saturated heterocycles. The van der Waals surface area contributed by atoms with E-state index in [1.54, 1.807) is 0 Å². The number of carbonyl (C=O) groups excluding carboxylic acids is 1. The van der Waals surface area contributed by atoms with E-state index in [9.17, 15) is 9.90 Å². The fourth-order valence-electron chi connectivity index (χ4n) is 1.29. The molecular formula is C11H16NO2+. The molecule has 0 heterocycles. The summed E-state index contributed by atoms with van der Waals surface area (Å²) < 4.78 is 0.670. The normalized spacial score (nSPS) is 17.9. The molecule has 1 aliphatic rings. The maximum absolute atomic E-state index is 11.3. The van der Waals surface area contributed by atoms with E-state index in [1.165, 1.54) is 12.2 Å². The quantitative estimate of drug-likeness (QED) is 0.530. The van der Waals surface area contributed by atoms with Crippen LogP contribution in [0.15, 0.2) is 35.6 Å². The van der Waals surface area contributed by atoms with Crippen molar-refractivity contribution in [2.24, 2.45) is 0 Å². The van der Waals surface area contributed by atoms with Crippen molar-refractivity contribution in [3.8, 4) is 0 Å². The predicted octanol–water partition coefficient (Wildman–Crippen LogP) is 1.20. The summed E-state index contributed by atoms with van der Waals surface area (Å²) in [4.78, 5) is 11.3. The Bertz CT molecular complexity index is 343. The second-order valence-corrected chi connectivity index (χ2v) is 4.54. The number of carbonyl (C=O) groups is 1. The number of nitrogens with zero attached hydrogens (tertiary/aromatic N) is 1. The van der Waals surface area contributed by atoms with Crippen LogP contribution in [0.3, 0.4) is 0 Å². The van der Waals surface area contributed by atoms with Crippen LogP contribution < -0.4 is 0 Å². The zero-order valence-electron chi connectivity index (χ0n) is 8.87. The molecule has 14 heavy (non-hydrogen) atoms. The lowest BCUT2D eigenvalue weighted by Gasteiger charge is -2.26. The zero-order chi connectivity index (χ0) is 10.9. The molecule has 3 nitrogen and oxygen atoms in total. The minimum absolute atomic E-state index is 0.119. The Morgan fingerprint density at radius 1 is 1.36 bits per heavy atom. The van der Waals surface area contributed by atoms with Crippen molar-refractivity contribution in [2.75, 3.05) is 27.7 Å². The molecule has 0 aromatic heterocycles. The molecule has 0 aromatic rings. The average Bonchev–Trinajstić information content (AvgIpc) is 1.97. The Labute approximate surface area is 84.2 Å². The van der Waals surface area contributed by atoms with Gasteiger partial charge < -0.3 is 9.59 Å². The van der Waals surface area contributed by atoms with Gasteiger partial charge >= 0.3 is 0 Å². The van der Waals surface area contributed by atoms with Crippen LogP contribution in [0.25, 0.3) is 0 Å². The molecule has 0 saturated carbocycles. The van der Waals surface area contributed by atoms with E-state index in [1.807, 2.05) is 21.1 Å². The van der Waals surface area contributed by atoms with E-state index in [2.05, 4.69) is 6.58 Å². The SMILES string of the molecule is C=C1C=C(O)C(C[N+](C)(C)C)=CC1=O. The van der Waals surface area contributed by atoms with Gasteiger partial charge in [-0.3, -0.25) is 4.79 Å². The van der Waals surface area contributed by atoms with Gasteiger partial charge in [0.2, 0.25) is 0 Å². The summed E-state index contributed by atoms with van der Waals surface area (Å²) in [5, 5.41) is 9.59. The van der Waals surface area contributed by atoms with E-state index in [0.717, 1.165) is 0 Å². The smallest absolute Gasteiger partial charge is 0.186 e. The van der Waals surface area contributed by atoms with Gasteiger partial charge in [0.25, 0.3) is 0 Å². The highest BCUT2D eigenvalue weighted by Crippen LogP contribution is 2.18. The first-order valence-electron chi connectivity index (χ1n) is 4.45. The Kier molecular flexibility index (Phi) is 2.62. The van der Waals surface area contributed by atoms with E-state index in [-0.39, 0.29) is 11.5 Å². The van der Waals surface area contributed by atoms with Crippen molar-refractivity contribution < 1.29 is 14.4 Å². The number of allylic oxidation sites excluding steroid dienone is 3. The standard InChI is InChI=1S/C11H15NO2/c1-8-5-11(14)9(6-10(8)13)7-12(2,3)4/h5-6H,1,7H2,2-4H3/p+1. The minimum atomic E-state index is -0.119. The van der Waals surface area contributed by atoms with Crippen molar-refractivity contribution in [1.29, 1.82) is 0 Å². The first kappa shape index (κ1) is 10.7. The number of likely N-dealkylation sites (N-methyl/N-ethyl adjacent to an activating group) is 1. The van der Waals surface area contributed by atoms with E-state index in [4.69, 9.17) is 0 Å². The number of aliphatic hydroxyl groups excluding tert-OH is 1. The van der Waals surface area contributed by atoms with Gasteiger partial charge in [0, 0.05) is 5.57 Å². The Hall–Kier alpha value is -1.35. The second kappa shape index (κ2) is 3.42. The third-order valence-corrected chi connectivity index (χ3v) is 1.91. The van der Waals surface area contributed by atoms with Crippen LogP contribution >= 0.6 is 0 Å². The summed E-state index contributed by atoms with van der Waals surface area (Å²) in [7, 11) is 6.01. The van der Waals surface area contributed by atoms with Crippen molar-refractivity contribution in [3.63, 3.8) is 0 Å². The van der Waals surface area contributed by atoms with Gasteiger partial charge in [-0.05, 0) is 12.2 Å². The van der Waals surface area contributed by atoms with Crippen molar-refractivity contribution in [1.82, 2.24) is 0 Å². The molecule has 0 atom stereocenters. The fraction of sp³-hybridized carbons (Fsp3) is 0.364. The lowest BCUT2D eigenvalue weighted by atomic mass is 10.00. The van der Waals surface area contributed by atoms with Gasteiger partial charge in [-0.1, -0.05) is 6.58 Å². The molecule has 0 fully saturated rings. The average molecular weight is 194 g/mol. The van der Waals surface area contributed by atoms with Crippen LogP contribution in [0.1, 0.15) is 0 Å². The molecular weight excluding hydrogens is 178 g/mol. The van der Waals surface area contributed by atoms with E-state index in [0.29, 0.717) is 22.2 Å². The highest BCUT2D eigenvalue weighted by molar-refractivity contribution is 6.07. The lowest BCUT2D eigenvalue weighted by molar-refractivity contribution is -0.865. The number of aliphatic hydroxyl groups is 1. The van der Waals surface area contributed by atoms with Crippen LogP contribution in [0.2, 0.25) is 0 Å². The summed E-state index contributed by atoms with van der Waals surface area (Å²) in [5.74, 6) is 0.0360. The Morgan fingerprint density at radius 3 is 2.43 bits per heavy atom. The third-order valence-electron chi connectivity index (χ3n) is 1.91. The van der Waals surface area contributed by atoms with Gasteiger partial charge in [-0.15, -0.1) is 0 Å². The Morgan fingerprint density at radius 2 is 1.93 bits per heavy atom. The molecule has 1 N–H and O–H groups in total. The lowest BCUT2D eigenvalue weighted by Crippen LogP contribution is -2.37. The molecule has 0 amide bonds. The van der Waals surface area contributed by atoms with Crippen LogP contribution in [-0.4, -0.2) is 43.1 Å². The predicted molar refractivity (Wildman–Crippen MR) is 55.8 cm³/mol. The number of ketones is 1. The molecule has 0 aliphatic heterocycles. The summed E-state index contributed by atoms with van der Waals surface area (Å²) in [5.41, 5.74) is 1.02. The molecule has 0 unspecified atom stereocenters. The van der Waals surface area contributed by atoms with Gasteiger partial charge in [-0.25, -0.2) is 0 Å². The number of quaternary nitrogens is 1. The topological polar surface area (TPSA) is 37.3 Å². The van der Waals surface area contributed by atoms with Gasteiger partial charge in [0.15, 0.2) is 5.78 Å². The first-order chi connectivity index (χ1) is 6.29. The molecule has 3 heteroatoms. The van der Waals surface area contributed by atoms with Crippen molar-refractivity contribution >= 4 is 5.78 Å². The Balaban J connectivity index is 2.91. The summed E-state index contributed by atoms with van der Waals surface area (Å²) in [6.07, 6.45) is 2.88. The van der Waals surface area contributed by atoms with Crippen LogP contribution in [0.5, 0.6) is 0 Å². The van der Waals surface area contributed by atoms with Crippen LogP contribution in [-0.2, 0) is 4.79 Å². The third kappa shape index (κ3) is 2.57. The summed E-state index contributed by atoms with van der Waals surface area (Å²) >= 11 is 0. The fourth-order valence-corrected chi connectivity index (χ4v) is 1.29. The number of rotatable bonds is 2. The molecule has 1 rings (SSSR count). The highest BCUT2D eigenvalue weighted by Gasteiger charge is 2.20. The van der Waals surface area contributed by atoms with Gasteiger partial charge in [0.05, 0.1) is 26.7 Å². The second-order valence-electron chi connectivity index (χ2n) is 4.54. The first-order valence-corrected chi connectivity index (χ1v) is 4.45. The molecule has 0 radical (unpaired) electrons. The van der Waals surface area contributed by atoms with E-state index < -0.39 is 0 Å². The largest absolute Gasteiger partial charge is 0.507 e. The molecule has 0 spiro atoms. The van der Waals surface area contributed by atoms with Crippen LogP contribution in [0, 0.1) is 0 Å². The molecule has 76 valence electrons. The van der Waals surface area contributed by atoms with Crippen molar-refractivity contribution in [2.45, 2.75) is 0 Å². The molecule has 0 aromatic carbocycles. The monoisotopic (exact) mass is 194 g/mol. The maximum Gasteiger partial charge on any atom is 0.186 e. The molecule has 1 aliphatic carbocycles.